The zero-order valence-corrected chi connectivity index (χ0v) is 6.28. The second kappa shape index (κ2) is 3.37. The van der Waals surface area contributed by atoms with Gasteiger partial charge < -0.3 is 10.3 Å². The average molecular weight is 153 g/mol. The van der Waals surface area contributed by atoms with Crippen LogP contribution in [0.3, 0.4) is 0 Å². The smallest absolute Gasteiger partial charge is 0.120 e. The van der Waals surface area contributed by atoms with Gasteiger partial charge in [0.15, 0.2) is 0 Å². The Labute approximate surface area is 65.3 Å². The number of nitrogens with one attached hydrogen (secondary N) is 1. The lowest BCUT2D eigenvalue weighted by Gasteiger charge is -2.10. The largest absolute Gasteiger partial charge is 0.508 e. The van der Waals surface area contributed by atoms with Gasteiger partial charge in [-0.05, 0) is 13.0 Å². The highest BCUT2D eigenvalue weighted by molar-refractivity contribution is 5.33. The molecular formula is C8H11NO2. The molecule has 0 saturated heterocycles. The van der Waals surface area contributed by atoms with Gasteiger partial charge in [0.1, 0.15) is 5.75 Å². The fraction of sp³-hybridized carbons (Fsp3) is 0.250. The first kappa shape index (κ1) is 8.04. The SMILES string of the molecule is CC(NO)c1ccccc1O. The fourth-order valence-corrected chi connectivity index (χ4v) is 0.923. The van der Waals surface area contributed by atoms with Crippen LogP contribution < -0.4 is 5.48 Å². The van der Waals surface area contributed by atoms with Gasteiger partial charge in [-0.3, -0.25) is 0 Å². The van der Waals surface area contributed by atoms with E-state index >= 15 is 0 Å². The minimum Gasteiger partial charge on any atom is -0.508 e. The van der Waals surface area contributed by atoms with Crippen LogP contribution in [0.5, 0.6) is 5.75 Å². The Morgan fingerprint density at radius 2 is 2.00 bits per heavy atom. The van der Waals surface area contributed by atoms with E-state index in [2.05, 4.69) is 5.48 Å². The van der Waals surface area contributed by atoms with Crippen molar-refractivity contribution < 1.29 is 10.3 Å². The van der Waals surface area contributed by atoms with Gasteiger partial charge >= 0.3 is 0 Å². The van der Waals surface area contributed by atoms with Crippen LogP contribution in [0.4, 0.5) is 0 Å². The molecule has 0 aliphatic rings. The van der Waals surface area contributed by atoms with Crippen molar-refractivity contribution in [3.63, 3.8) is 0 Å². The molecule has 0 radical (unpaired) electrons. The first-order chi connectivity index (χ1) is 5.25. The highest BCUT2D eigenvalue weighted by Crippen LogP contribution is 2.22. The van der Waals surface area contributed by atoms with Gasteiger partial charge in [0.05, 0.1) is 6.04 Å². The number of phenols is 1. The molecule has 1 aromatic carbocycles. The third-order valence-electron chi connectivity index (χ3n) is 1.60. The second-order valence-corrected chi connectivity index (χ2v) is 2.41. The first-order valence-electron chi connectivity index (χ1n) is 3.43. The number of aromatic hydroxyl groups is 1. The van der Waals surface area contributed by atoms with Crippen LogP contribution in [0.2, 0.25) is 0 Å². The molecule has 60 valence electrons. The molecule has 3 heteroatoms. The lowest BCUT2D eigenvalue weighted by molar-refractivity contribution is 0.132. The van der Waals surface area contributed by atoms with E-state index in [-0.39, 0.29) is 11.8 Å². The topological polar surface area (TPSA) is 52.5 Å². The van der Waals surface area contributed by atoms with Gasteiger partial charge in [-0.15, -0.1) is 0 Å². The summed E-state index contributed by atoms with van der Waals surface area (Å²) in [6.45, 7) is 1.76. The van der Waals surface area contributed by atoms with E-state index < -0.39 is 0 Å². The number of hydroxylamine groups is 1. The summed E-state index contributed by atoms with van der Waals surface area (Å²) in [5.41, 5.74) is 2.75. The van der Waals surface area contributed by atoms with Gasteiger partial charge in [-0.25, -0.2) is 0 Å². The summed E-state index contributed by atoms with van der Waals surface area (Å²) in [5, 5.41) is 17.8. The second-order valence-electron chi connectivity index (χ2n) is 2.41. The minimum absolute atomic E-state index is 0.196. The lowest BCUT2D eigenvalue weighted by atomic mass is 10.1. The number of phenolic OH excluding ortho intramolecular Hbond substituents is 1. The third kappa shape index (κ3) is 1.69. The molecule has 0 amide bonds. The number of benzene rings is 1. The van der Waals surface area contributed by atoms with Crippen LogP contribution in [0.15, 0.2) is 24.3 Å². The highest BCUT2D eigenvalue weighted by atomic mass is 16.5. The Balaban J connectivity index is 2.93. The Bertz CT molecular complexity index is 237. The van der Waals surface area contributed by atoms with Crippen LogP contribution in [-0.4, -0.2) is 10.3 Å². The van der Waals surface area contributed by atoms with Crippen molar-refractivity contribution in [3.8, 4) is 5.75 Å². The van der Waals surface area contributed by atoms with E-state index in [4.69, 9.17) is 5.21 Å². The summed E-state index contributed by atoms with van der Waals surface area (Å²) in [4.78, 5) is 0. The molecule has 0 aromatic heterocycles. The van der Waals surface area contributed by atoms with Gasteiger partial charge in [0.2, 0.25) is 0 Å². The fourth-order valence-electron chi connectivity index (χ4n) is 0.923. The molecule has 3 N–H and O–H groups in total. The van der Waals surface area contributed by atoms with E-state index in [9.17, 15) is 5.11 Å². The molecule has 0 saturated carbocycles. The Kier molecular flexibility index (Phi) is 2.46. The maximum atomic E-state index is 9.26. The number of para-hydroxylation sites is 1. The molecule has 3 nitrogen and oxygen atoms in total. The monoisotopic (exact) mass is 153 g/mol. The molecule has 1 rings (SSSR count). The molecule has 0 spiro atoms. The zero-order valence-electron chi connectivity index (χ0n) is 6.28. The maximum Gasteiger partial charge on any atom is 0.120 e. The van der Waals surface area contributed by atoms with E-state index in [0.717, 1.165) is 0 Å². The lowest BCUT2D eigenvalue weighted by Crippen LogP contribution is -2.12. The van der Waals surface area contributed by atoms with Gasteiger partial charge in [-0.2, -0.15) is 5.48 Å². The zero-order chi connectivity index (χ0) is 8.27. The van der Waals surface area contributed by atoms with Crippen molar-refractivity contribution in [2.75, 3.05) is 0 Å². The van der Waals surface area contributed by atoms with E-state index in [1.807, 2.05) is 6.07 Å². The average Bonchev–Trinajstić information content (AvgIpc) is 2.04. The van der Waals surface area contributed by atoms with Crippen LogP contribution in [-0.2, 0) is 0 Å². The van der Waals surface area contributed by atoms with Crippen molar-refractivity contribution in [2.24, 2.45) is 0 Å². The molecule has 1 atom stereocenters. The highest BCUT2D eigenvalue weighted by Gasteiger charge is 2.06. The third-order valence-corrected chi connectivity index (χ3v) is 1.60. The number of hydrogen-bond donors (Lipinski definition) is 3. The summed E-state index contributed by atoms with van der Waals surface area (Å²) >= 11 is 0. The van der Waals surface area contributed by atoms with Crippen molar-refractivity contribution in [3.05, 3.63) is 29.8 Å². The standard InChI is InChI=1S/C8H11NO2/c1-6(9-11)7-4-2-3-5-8(7)10/h2-6,9-11H,1H3. The number of rotatable bonds is 2. The van der Waals surface area contributed by atoms with Crippen LogP contribution in [0.1, 0.15) is 18.5 Å². The van der Waals surface area contributed by atoms with Crippen molar-refractivity contribution in [2.45, 2.75) is 13.0 Å². The molecule has 11 heavy (non-hydrogen) atoms. The summed E-state index contributed by atoms with van der Waals surface area (Å²) in [6, 6.07) is 6.65. The van der Waals surface area contributed by atoms with Gasteiger partial charge in [0.25, 0.3) is 0 Å². The molecule has 0 aliphatic carbocycles. The molecule has 0 bridgehead atoms. The molecule has 0 aliphatic heterocycles. The van der Waals surface area contributed by atoms with Crippen LogP contribution in [0, 0.1) is 0 Å². The predicted molar refractivity (Wildman–Crippen MR) is 41.4 cm³/mol. The van der Waals surface area contributed by atoms with Gasteiger partial charge in [0, 0.05) is 5.56 Å². The number of hydrogen-bond acceptors (Lipinski definition) is 3. The van der Waals surface area contributed by atoms with Crippen LogP contribution >= 0.6 is 0 Å². The Hall–Kier alpha value is -1.06. The summed E-state index contributed by atoms with van der Waals surface area (Å²) < 4.78 is 0. The van der Waals surface area contributed by atoms with Crippen LogP contribution in [0.25, 0.3) is 0 Å². The van der Waals surface area contributed by atoms with E-state index in [1.165, 1.54) is 0 Å². The van der Waals surface area contributed by atoms with E-state index in [1.54, 1.807) is 25.1 Å². The Morgan fingerprint density at radius 1 is 1.36 bits per heavy atom. The summed E-state index contributed by atoms with van der Waals surface area (Å²) in [6.07, 6.45) is 0. The predicted octanol–water partition coefficient (Wildman–Crippen LogP) is 1.43. The Morgan fingerprint density at radius 3 is 2.55 bits per heavy atom. The van der Waals surface area contributed by atoms with Gasteiger partial charge in [-0.1, -0.05) is 18.2 Å². The maximum absolute atomic E-state index is 9.26. The first-order valence-corrected chi connectivity index (χ1v) is 3.43. The minimum atomic E-state index is -0.240. The molecule has 0 fully saturated rings. The molecule has 0 heterocycles. The summed E-state index contributed by atoms with van der Waals surface area (Å²) in [5.74, 6) is 0.196. The van der Waals surface area contributed by atoms with E-state index in [0.29, 0.717) is 5.56 Å². The normalized spacial score (nSPS) is 12.9. The van der Waals surface area contributed by atoms with Crippen molar-refractivity contribution in [1.29, 1.82) is 0 Å². The summed E-state index contributed by atoms with van der Waals surface area (Å²) in [7, 11) is 0. The molecule has 1 unspecified atom stereocenters. The molecular weight excluding hydrogens is 142 g/mol. The van der Waals surface area contributed by atoms with Crippen molar-refractivity contribution in [1.82, 2.24) is 5.48 Å². The van der Waals surface area contributed by atoms with Crippen molar-refractivity contribution >= 4 is 0 Å². The quantitative estimate of drug-likeness (QED) is 0.563. The molecule has 1 aromatic rings.